The minimum Gasteiger partial charge on any atom is -0.489 e. The van der Waals surface area contributed by atoms with Crippen LogP contribution in [0.15, 0.2) is 84.9 Å². The molecule has 37 heavy (non-hydrogen) atoms. The molecule has 1 aliphatic rings. The van der Waals surface area contributed by atoms with Crippen molar-refractivity contribution < 1.29 is 19.4 Å². The molecule has 0 saturated heterocycles. The highest BCUT2D eigenvalue weighted by molar-refractivity contribution is 5.86. The predicted molar refractivity (Wildman–Crippen MR) is 149 cm³/mol. The molecule has 1 heterocycles. The van der Waals surface area contributed by atoms with Crippen molar-refractivity contribution in [2.45, 2.75) is 38.3 Å². The van der Waals surface area contributed by atoms with Crippen molar-refractivity contribution in [1.29, 1.82) is 0 Å². The molecule has 2 unspecified atom stereocenters. The molecule has 0 bridgehead atoms. The molecule has 0 saturated carbocycles. The quantitative estimate of drug-likeness (QED) is 0.273. The topological polar surface area (TPSA) is 67.8 Å². The fraction of sp³-hybridized carbons (Fsp3) is 0.258. The number of carboxylic acid groups (broad SMARTS) is 1. The molecule has 0 spiro atoms. The third-order valence-corrected chi connectivity index (χ3v) is 6.98. The Morgan fingerprint density at radius 2 is 1.81 bits per heavy atom. The maximum Gasteiger partial charge on any atom is 0.341 e. The highest BCUT2D eigenvalue weighted by Gasteiger charge is 2.30. The van der Waals surface area contributed by atoms with Crippen LogP contribution in [0, 0.1) is 6.92 Å². The maximum atomic E-state index is 10.9. The lowest BCUT2D eigenvalue weighted by atomic mass is 9.83. The van der Waals surface area contributed by atoms with Gasteiger partial charge in [-0.15, -0.1) is 12.4 Å². The Balaban J connectivity index is 0.00000320. The van der Waals surface area contributed by atoms with Crippen molar-refractivity contribution in [3.63, 3.8) is 0 Å². The summed E-state index contributed by atoms with van der Waals surface area (Å²) in [6, 6.07) is 29.4. The van der Waals surface area contributed by atoms with Crippen LogP contribution in [0.2, 0.25) is 0 Å². The lowest BCUT2D eigenvalue weighted by Crippen LogP contribution is -2.37. The fourth-order valence-electron chi connectivity index (χ4n) is 5.17. The Bertz CT molecular complexity index is 1380. The van der Waals surface area contributed by atoms with E-state index in [0.717, 1.165) is 24.3 Å². The van der Waals surface area contributed by atoms with E-state index in [1.807, 2.05) is 37.3 Å². The Morgan fingerprint density at radius 3 is 2.62 bits per heavy atom. The monoisotopic (exact) mass is 517 g/mol. The van der Waals surface area contributed by atoms with Crippen LogP contribution in [0.4, 0.5) is 0 Å². The van der Waals surface area contributed by atoms with Gasteiger partial charge in [0.05, 0.1) is 0 Å². The number of aryl methyl sites for hydroxylation is 1. The van der Waals surface area contributed by atoms with Crippen molar-refractivity contribution in [2.75, 3.05) is 13.2 Å². The van der Waals surface area contributed by atoms with E-state index in [2.05, 4.69) is 66.8 Å². The molecule has 1 aliphatic heterocycles. The molecule has 192 valence electrons. The van der Waals surface area contributed by atoms with E-state index < -0.39 is 5.97 Å². The van der Waals surface area contributed by atoms with E-state index in [9.17, 15) is 4.79 Å². The minimum atomic E-state index is -0.982. The highest BCUT2D eigenvalue weighted by atomic mass is 35.5. The summed E-state index contributed by atoms with van der Waals surface area (Å²) in [7, 11) is 0. The number of hydrogen-bond donors (Lipinski definition) is 2. The van der Waals surface area contributed by atoms with Crippen LogP contribution in [0.5, 0.6) is 11.5 Å². The van der Waals surface area contributed by atoms with Crippen molar-refractivity contribution in [3.8, 4) is 11.5 Å². The number of carbonyl (C=O) groups is 1. The zero-order chi connectivity index (χ0) is 25.1. The SMILES string of the molecule is Cc1cc(C2CC(CN[C@H](C)c3cccc4ccccc34)Oc3ccccc32)ccc1OCC(=O)O.Cl. The van der Waals surface area contributed by atoms with E-state index in [0.29, 0.717) is 5.75 Å². The molecule has 0 radical (unpaired) electrons. The summed E-state index contributed by atoms with van der Waals surface area (Å²) in [4.78, 5) is 10.9. The first kappa shape index (κ1) is 26.5. The maximum absolute atomic E-state index is 10.9. The van der Waals surface area contributed by atoms with E-state index in [1.54, 1.807) is 0 Å². The number of hydrogen-bond acceptors (Lipinski definition) is 4. The van der Waals surface area contributed by atoms with Crippen LogP contribution >= 0.6 is 12.4 Å². The molecule has 5 nitrogen and oxygen atoms in total. The van der Waals surface area contributed by atoms with Gasteiger partial charge in [-0.1, -0.05) is 72.8 Å². The van der Waals surface area contributed by atoms with Crippen LogP contribution < -0.4 is 14.8 Å². The zero-order valence-electron chi connectivity index (χ0n) is 21.0. The fourth-order valence-corrected chi connectivity index (χ4v) is 5.17. The van der Waals surface area contributed by atoms with E-state index >= 15 is 0 Å². The first-order chi connectivity index (χ1) is 17.5. The van der Waals surface area contributed by atoms with Gasteiger partial charge >= 0.3 is 5.97 Å². The number of benzene rings is 4. The van der Waals surface area contributed by atoms with E-state index in [1.165, 1.54) is 27.5 Å². The summed E-state index contributed by atoms with van der Waals surface area (Å²) in [5.74, 6) is 0.720. The Labute approximate surface area is 223 Å². The van der Waals surface area contributed by atoms with Gasteiger partial charge in [0.25, 0.3) is 0 Å². The Kier molecular flexibility index (Phi) is 8.37. The van der Waals surface area contributed by atoms with Crippen LogP contribution in [0.25, 0.3) is 10.8 Å². The molecular weight excluding hydrogens is 486 g/mol. The van der Waals surface area contributed by atoms with Gasteiger partial charge in [0.1, 0.15) is 17.6 Å². The van der Waals surface area contributed by atoms with Crippen LogP contribution in [0.1, 0.15) is 47.6 Å². The molecule has 6 heteroatoms. The molecule has 0 fully saturated rings. The van der Waals surface area contributed by atoms with Crippen molar-refractivity contribution >= 4 is 29.1 Å². The lowest BCUT2D eigenvalue weighted by Gasteiger charge is -2.33. The number of carboxylic acids is 1. The second-order valence-corrected chi connectivity index (χ2v) is 9.47. The molecular formula is C31H32ClNO4. The lowest BCUT2D eigenvalue weighted by molar-refractivity contribution is -0.139. The molecule has 5 rings (SSSR count). The summed E-state index contributed by atoms with van der Waals surface area (Å²) < 4.78 is 11.9. The van der Waals surface area contributed by atoms with Gasteiger partial charge in [-0.05, 0) is 59.9 Å². The van der Waals surface area contributed by atoms with Gasteiger partial charge in [0, 0.05) is 24.1 Å². The molecule has 3 atom stereocenters. The zero-order valence-corrected chi connectivity index (χ0v) is 21.8. The number of nitrogens with one attached hydrogen (secondary N) is 1. The molecule has 0 aliphatic carbocycles. The largest absolute Gasteiger partial charge is 0.489 e. The minimum absolute atomic E-state index is 0. The molecule has 4 aromatic carbocycles. The smallest absolute Gasteiger partial charge is 0.341 e. The first-order valence-electron chi connectivity index (χ1n) is 12.4. The average molecular weight is 518 g/mol. The summed E-state index contributed by atoms with van der Waals surface area (Å²) in [6.45, 7) is 4.54. The molecule has 4 aromatic rings. The van der Waals surface area contributed by atoms with Gasteiger partial charge < -0.3 is 19.9 Å². The van der Waals surface area contributed by atoms with E-state index in [-0.39, 0.29) is 37.1 Å². The second-order valence-electron chi connectivity index (χ2n) is 9.47. The molecule has 0 aromatic heterocycles. The number of rotatable bonds is 8. The molecule has 2 N–H and O–H groups in total. The van der Waals surface area contributed by atoms with Crippen molar-refractivity contribution in [1.82, 2.24) is 5.32 Å². The summed E-state index contributed by atoms with van der Waals surface area (Å²) >= 11 is 0. The predicted octanol–water partition coefficient (Wildman–Crippen LogP) is 6.67. The third kappa shape index (κ3) is 5.90. The summed E-state index contributed by atoms with van der Waals surface area (Å²) in [5.41, 5.74) is 4.57. The Morgan fingerprint density at radius 1 is 1.05 bits per heavy atom. The van der Waals surface area contributed by atoms with Crippen LogP contribution in [-0.4, -0.2) is 30.3 Å². The second kappa shape index (κ2) is 11.7. The third-order valence-electron chi connectivity index (χ3n) is 6.98. The average Bonchev–Trinajstić information content (AvgIpc) is 2.90. The number of fused-ring (bicyclic) bond motifs is 2. The van der Waals surface area contributed by atoms with Gasteiger partial charge in [-0.2, -0.15) is 0 Å². The number of para-hydroxylation sites is 1. The summed E-state index contributed by atoms with van der Waals surface area (Å²) in [6.07, 6.45) is 0.867. The van der Waals surface area contributed by atoms with E-state index in [4.69, 9.17) is 14.6 Å². The summed E-state index contributed by atoms with van der Waals surface area (Å²) in [5, 5.41) is 15.2. The van der Waals surface area contributed by atoms with Crippen molar-refractivity contribution in [2.24, 2.45) is 0 Å². The normalized spacial score (nSPS) is 17.2. The van der Waals surface area contributed by atoms with Gasteiger partial charge in [-0.3, -0.25) is 0 Å². The number of halogens is 1. The number of ether oxygens (including phenoxy) is 2. The van der Waals surface area contributed by atoms with Gasteiger partial charge in [-0.25, -0.2) is 4.79 Å². The molecule has 0 amide bonds. The van der Waals surface area contributed by atoms with Gasteiger partial charge in [0.15, 0.2) is 6.61 Å². The standard InChI is InChI=1S/C31H31NO4.ClH/c1-20-16-23(14-15-29(20)35-19-31(33)34)28-17-24(36-30-13-6-5-11-27(28)30)18-32-21(2)25-12-7-9-22-8-3-4-10-26(22)25;/h3-16,21,24,28,32H,17-19H2,1-2H3,(H,33,34);1H/t21-,24?,28?;/m1./s1. The van der Waals surface area contributed by atoms with Gasteiger partial charge in [0.2, 0.25) is 0 Å². The number of aliphatic carboxylic acids is 1. The highest BCUT2D eigenvalue weighted by Crippen LogP contribution is 2.41. The first-order valence-corrected chi connectivity index (χ1v) is 12.4. The van der Waals surface area contributed by atoms with Crippen molar-refractivity contribution in [3.05, 3.63) is 107 Å². The Hall–Kier alpha value is -3.54. The van der Waals surface area contributed by atoms with Crippen LogP contribution in [-0.2, 0) is 4.79 Å². The van der Waals surface area contributed by atoms with Crippen LogP contribution in [0.3, 0.4) is 0 Å².